The second-order valence-electron chi connectivity index (χ2n) is 4.36. The quantitative estimate of drug-likeness (QED) is 0.574. The summed E-state index contributed by atoms with van der Waals surface area (Å²) < 4.78 is 0. The second kappa shape index (κ2) is 5.80. The lowest BCUT2D eigenvalue weighted by atomic mass is 9.83. The van der Waals surface area contributed by atoms with Crippen LogP contribution in [0.3, 0.4) is 0 Å². The Balaban J connectivity index is 3.83. The van der Waals surface area contributed by atoms with Crippen molar-refractivity contribution in [3.63, 3.8) is 0 Å². The molecule has 0 aromatic heterocycles. The zero-order chi connectivity index (χ0) is 10.3. The van der Waals surface area contributed by atoms with Gasteiger partial charge in [0.1, 0.15) is 5.78 Å². The topological polar surface area (TPSA) is 17.1 Å². The molecule has 1 heteroatoms. The molecule has 0 heterocycles. The Bertz CT molecular complexity index is 196. The molecule has 0 N–H and O–H groups in total. The fourth-order valence-electron chi connectivity index (χ4n) is 1.33. The number of Topliss-reactive ketones (excluding diaryl/α,β-unsaturated/α-hetero) is 1. The first kappa shape index (κ1) is 12.2. The van der Waals surface area contributed by atoms with Crippen LogP contribution in [-0.4, -0.2) is 5.78 Å². The highest BCUT2D eigenvalue weighted by Gasteiger charge is 2.20. The molecule has 0 spiro atoms. The highest BCUT2D eigenvalue weighted by atomic mass is 16.1. The molecule has 0 aromatic rings. The number of hydrogen-bond acceptors (Lipinski definition) is 1. The van der Waals surface area contributed by atoms with Gasteiger partial charge in [0.2, 0.25) is 0 Å². The summed E-state index contributed by atoms with van der Waals surface area (Å²) in [6.07, 6.45) is 9.34. The van der Waals surface area contributed by atoms with Gasteiger partial charge in [0.05, 0.1) is 0 Å². The lowest BCUT2D eigenvalue weighted by molar-refractivity contribution is -0.121. The average molecular weight is 180 g/mol. The summed E-state index contributed by atoms with van der Waals surface area (Å²) in [6, 6.07) is 0. The van der Waals surface area contributed by atoms with Crippen LogP contribution in [0.5, 0.6) is 0 Å². The fourth-order valence-corrected chi connectivity index (χ4v) is 1.33. The van der Waals surface area contributed by atoms with Crippen molar-refractivity contribution in [1.29, 1.82) is 0 Å². The summed E-state index contributed by atoms with van der Waals surface area (Å²) in [6.45, 7) is 6.20. The summed E-state index contributed by atoms with van der Waals surface area (Å²) >= 11 is 0. The van der Waals surface area contributed by atoms with Crippen molar-refractivity contribution in [2.75, 3.05) is 0 Å². The summed E-state index contributed by atoms with van der Waals surface area (Å²) in [5.74, 6) is 2.97. The normalized spacial score (nSPS) is 10.9. The van der Waals surface area contributed by atoms with Gasteiger partial charge in [-0.05, 0) is 11.8 Å². The number of rotatable bonds is 6. The van der Waals surface area contributed by atoms with Crippen molar-refractivity contribution in [2.45, 2.75) is 52.9 Å². The number of carbonyl (C=O) groups is 1. The van der Waals surface area contributed by atoms with Crippen LogP contribution < -0.4 is 0 Å². The molecular formula is C12H20O. The van der Waals surface area contributed by atoms with Gasteiger partial charge in [-0.1, -0.05) is 27.2 Å². The third-order valence-electron chi connectivity index (χ3n) is 2.07. The zero-order valence-corrected chi connectivity index (χ0v) is 9.02. The predicted molar refractivity (Wildman–Crippen MR) is 56.4 cm³/mol. The van der Waals surface area contributed by atoms with Crippen LogP contribution in [0.2, 0.25) is 0 Å². The molecule has 0 saturated carbocycles. The van der Waals surface area contributed by atoms with E-state index in [0.717, 1.165) is 12.8 Å². The Morgan fingerprint density at radius 2 is 2.08 bits per heavy atom. The average Bonchev–Trinajstić information content (AvgIpc) is 1.99. The molecule has 0 amide bonds. The number of hydrogen-bond donors (Lipinski definition) is 0. The van der Waals surface area contributed by atoms with E-state index < -0.39 is 0 Å². The van der Waals surface area contributed by atoms with Crippen LogP contribution in [0.1, 0.15) is 52.9 Å². The maximum Gasteiger partial charge on any atom is 0.133 e. The zero-order valence-electron chi connectivity index (χ0n) is 9.02. The maximum atomic E-state index is 11.4. The van der Waals surface area contributed by atoms with Gasteiger partial charge in [-0.2, -0.15) is 0 Å². The molecule has 0 bridgehead atoms. The van der Waals surface area contributed by atoms with Crippen molar-refractivity contribution in [2.24, 2.45) is 5.41 Å². The molecule has 74 valence electrons. The second-order valence-corrected chi connectivity index (χ2v) is 4.36. The fraction of sp³-hybridized carbons (Fsp3) is 0.750. The molecule has 0 unspecified atom stereocenters. The molecule has 0 rings (SSSR count). The number of ketones is 1. The van der Waals surface area contributed by atoms with Crippen molar-refractivity contribution in [1.82, 2.24) is 0 Å². The highest BCUT2D eigenvalue weighted by molar-refractivity contribution is 5.79. The van der Waals surface area contributed by atoms with E-state index in [9.17, 15) is 4.79 Å². The molecule has 0 fully saturated rings. The van der Waals surface area contributed by atoms with E-state index in [4.69, 9.17) is 6.42 Å². The lowest BCUT2D eigenvalue weighted by Crippen LogP contribution is -2.16. The van der Waals surface area contributed by atoms with E-state index in [1.807, 2.05) is 0 Å². The van der Waals surface area contributed by atoms with Gasteiger partial charge < -0.3 is 0 Å². The summed E-state index contributed by atoms with van der Waals surface area (Å²) in [4.78, 5) is 11.4. The van der Waals surface area contributed by atoms with Gasteiger partial charge in [-0.25, -0.2) is 0 Å². The summed E-state index contributed by atoms with van der Waals surface area (Å²) in [7, 11) is 0. The van der Waals surface area contributed by atoms with Gasteiger partial charge in [0.25, 0.3) is 0 Å². The summed E-state index contributed by atoms with van der Waals surface area (Å²) in [5, 5.41) is 0. The van der Waals surface area contributed by atoms with E-state index in [1.165, 1.54) is 0 Å². The van der Waals surface area contributed by atoms with Gasteiger partial charge in [-0.15, -0.1) is 12.3 Å². The van der Waals surface area contributed by atoms with Crippen LogP contribution in [0.4, 0.5) is 0 Å². The van der Waals surface area contributed by atoms with E-state index in [1.54, 1.807) is 0 Å². The Kier molecular flexibility index (Phi) is 5.46. The number of carbonyl (C=O) groups excluding carboxylic acids is 1. The van der Waals surface area contributed by atoms with Crippen LogP contribution in [0.15, 0.2) is 0 Å². The monoisotopic (exact) mass is 180 g/mol. The SMILES string of the molecule is C#CCC(C)(C)CC(=O)CCCC. The van der Waals surface area contributed by atoms with Crippen molar-refractivity contribution < 1.29 is 4.79 Å². The van der Waals surface area contributed by atoms with Crippen molar-refractivity contribution >= 4 is 5.78 Å². The van der Waals surface area contributed by atoms with E-state index in [2.05, 4.69) is 26.7 Å². The first-order chi connectivity index (χ1) is 6.02. The van der Waals surface area contributed by atoms with Crippen LogP contribution in [0.25, 0.3) is 0 Å². The van der Waals surface area contributed by atoms with E-state index >= 15 is 0 Å². The third-order valence-corrected chi connectivity index (χ3v) is 2.07. The Morgan fingerprint density at radius 1 is 1.46 bits per heavy atom. The first-order valence-electron chi connectivity index (χ1n) is 4.97. The molecule has 13 heavy (non-hydrogen) atoms. The molecule has 0 aliphatic carbocycles. The van der Waals surface area contributed by atoms with Crippen molar-refractivity contribution in [3.8, 4) is 12.3 Å². The van der Waals surface area contributed by atoms with Crippen LogP contribution >= 0.6 is 0 Å². The first-order valence-corrected chi connectivity index (χ1v) is 4.97. The standard InChI is InChI=1S/C12H20O/c1-5-7-8-11(13)10-12(3,4)9-6-2/h2H,5,7-10H2,1,3-4H3. The molecule has 0 saturated heterocycles. The Labute approximate surface area is 81.9 Å². The Morgan fingerprint density at radius 3 is 2.54 bits per heavy atom. The highest BCUT2D eigenvalue weighted by Crippen LogP contribution is 2.25. The minimum atomic E-state index is -0.0143. The molecule has 0 atom stereocenters. The summed E-state index contributed by atoms with van der Waals surface area (Å²) in [5.41, 5.74) is -0.0143. The van der Waals surface area contributed by atoms with Gasteiger partial charge in [0.15, 0.2) is 0 Å². The molecule has 0 aliphatic rings. The minimum absolute atomic E-state index is 0.0143. The van der Waals surface area contributed by atoms with E-state index in [0.29, 0.717) is 25.0 Å². The molecule has 0 radical (unpaired) electrons. The van der Waals surface area contributed by atoms with Crippen molar-refractivity contribution in [3.05, 3.63) is 0 Å². The largest absolute Gasteiger partial charge is 0.300 e. The minimum Gasteiger partial charge on any atom is -0.300 e. The number of terminal acetylenes is 1. The smallest absolute Gasteiger partial charge is 0.133 e. The molecular weight excluding hydrogens is 160 g/mol. The Hall–Kier alpha value is -0.770. The van der Waals surface area contributed by atoms with E-state index in [-0.39, 0.29) is 5.41 Å². The molecule has 0 aliphatic heterocycles. The van der Waals surface area contributed by atoms with Gasteiger partial charge in [0, 0.05) is 19.3 Å². The predicted octanol–water partition coefficient (Wildman–Crippen LogP) is 3.19. The van der Waals surface area contributed by atoms with Crippen LogP contribution in [0, 0.1) is 17.8 Å². The van der Waals surface area contributed by atoms with Gasteiger partial charge in [-0.3, -0.25) is 4.79 Å². The molecule has 1 nitrogen and oxygen atoms in total. The third kappa shape index (κ3) is 6.40. The molecule has 0 aromatic carbocycles. The van der Waals surface area contributed by atoms with Crippen LogP contribution in [-0.2, 0) is 4.79 Å². The lowest BCUT2D eigenvalue weighted by Gasteiger charge is -2.20. The number of unbranched alkanes of at least 4 members (excludes halogenated alkanes) is 1. The maximum absolute atomic E-state index is 11.4. The van der Waals surface area contributed by atoms with Gasteiger partial charge >= 0.3 is 0 Å².